The Morgan fingerprint density at radius 1 is 0.435 bits per heavy atom. The molecule has 0 spiro atoms. The van der Waals surface area contributed by atoms with Gasteiger partial charge in [0.05, 0.1) is 0 Å². The molecule has 0 aliphatic carbocycles. The van der Waals surface area contributed by atoms with Crippen LogP contribution in [-0.4, -0.2) is 46.2 Å². The molecule has 3 heteroatoms. The van der Waals surface area contributed by atoms with E-state index in [0.717, 1.165) is 14.2 Å². The SMILES string of the molecule is CO.CO.c1cc[c]([Bi]([c]2ccccc2)[c]2ccccc2)cc1. The first-order valence-electron chi connectivity index (χ1n) is 7.30. The number of aliphatic hydroxyl groups is 2. The second-order valence-electron chi connectivity index (χ2n) is 4.34. The monoisotopic (exact) mass is 504 g/mol. The van der Waals surface area contributed by atoms with Gasteiger partial charge in [-0.05, 0) is 0 Å². The topological polar surface area (TPSA) is 40.5 Å². The molecule has 0 aromatic heterocycles. The van der Waals surface area contributed by atoms with E-state index >= 15 is 0 Å². The molecule has 0 radical (unpaired) electrons. The summed E-state index contributed by atoms with van der Waals surface area (Å²) in [5.41, 5.74) is 0. The van der Waals surface area contributed by atoms with Gasteiger partial charge in [-0.3, -0.25) is 0 Å². The van der Waals surface area contributed by atoms with E-state index in [1.165, 1.54) is 9.81 Å². The van der Waals surface area contributed by atoms with E-state index in [0.29, 0.717) is 0 Å². The van der Waals surface area contributed by atoms with Crippen LogP contribution in [0.25, 0.3) is 0 Å². The van der Waals surface area contributed by atoms with E-state index in [1.54, 1.807) is 0 Å². The van der Waals surface area contributed by atoms with E-state index in [-0.39, 0.29) is 0 Å². The van der Waals surface area contributed by atoms with Gasteiger partial charge in [-0.25, -0.2) is 0 Å². The van der Waals surface area contributed by atoms with Crippen molar-refractivity contribution >= 4 is 31.6 Å². The summed E-state index contributed by atoms with van der Waals surface area (Å²) < 4.78 is 4.61. The molecule has 2 nitrogen and oxygen atoms in total. The van der Waals surface area contributed by atoms with Crippen LogP contribution in [0.4, 0.5) is 0 Å². The zero-order valence-corrected chi connectivity index (χ0v) is 17.0. The summed E-state index contributed by atoms with van der Waals surface area (Å²) in [4.78, 5) is 0. The Bertz CT molecular complexity index is 534. The van der Waals surface area contributed by atoms with E-state index in [2.05, 4.69) is 91.0 Å². The summed E-state index contributed by atoms with van der Waals surface area (Å²) in [6.45, 7) is 0. The minimum atomic E-state index is -2.06. The molecule has 120 valence electrons. The van der Waals surface area contributed by atoms with Gasteiger partial charge >= 0.3 is 123 Å². The second kappa shape index (κ2) is 12.0. The van der Waals surface area contributed by atoms with Crippen LogP contribution < -0.4 is 9.81 Å². The molecule has 0 bridgehead atoms. The number of hydrogen-bond donors (Lipinski definition) is 2. The molecule has 3 aromatic carbocycles. The molecule has 0 amide bonds. The predicted molar refractivity (Wildman–Crippen MR) is 100 cm³/mol. The maximum atomic E-state index is 7.00. The van der Waals surface area contributed by atoms with Gasteiger partial charge in [-0.2, -0.15) is 0 Å². The van der Waals surface area contributed by atoms with Crippen molar-refractivity contribution < 1.29 is 10.2 Å². The van der Waals surface area contributed by atoms with Crippen molar-refractivity contribution in [2.75, 3.05) is 14.2 Å². The first-order chi connectivity index (χ1) is 11.4. The molecule has 0 fully saturated rings. The summed E-state index contributed by atoms with van der Waals surface area (Å²) >= 11 is -2.06. The van der Waals surface area contributed by atoms with Crippen molar-refractivity contribution in [3.8, 4) is 0 Å². The Hall–Kier alpha value is -1.54. The van der Waals surface area contributed by atoms with Crippen LogP contribution in [-0.2, 0) is 0 Å². The number of hydrogen-bond acceptors (Lipinski definition) is 2. The molecule has 0 aliphatic heterocycles. The van der Waals surface area contributed by atoms with Gasteiger partial charge < -0.3 is 10.2 Å². The average Bonchev–Trinajstić information content (AvgIpc) is 2.68. The third-order valence-corrected chi connectivity index (χ3v) is 12.5. The summed E-state index contributed by atoms with van der Waals surface area (Å²) in [5.74, 6) is 0. The first-order valence-corrected chi connectivity index (χ1v) is 12.5. The van der Waals surface area contributed by atoms with E-state index < -0.39 is 21.8 Å². The summed E-state index contributed by atoms with van der Waals surface area (Å²) in [6.07, 6.45) is 0. The van der Waals surface area contributed by atoms with Gasteiger partial charge in [-0.15, -0.1) is 0 Å². The molecule has 0 aliphatic rings. The molecule has 3 aromatic rings. The number of aliphatic hydroxyl groups excluding tert-OH is 2. The molecule has 2 N–H and O–H groups in total. The van der Waals surface area contributed by atoms with Crippen molar-refractivity contribution in [1.29, 1.82) is 0 Å². The zero-order valence-electron chi connectivity index (χ0n) is 13.5. The van der Waals surface area contributed by atoms with Crippen molar-refractivity contribution in [2.24, 2.45) is 0 Å². The van der Waals surface area contributed by atoms with Gasteiger partial charge in [-0.1, -0.05) is 0 Å². The van der Waals surface area contributed by atoms with Crippen molar-refractivity contribution in [3.63, 3.8) is 0 Å². The van der Waals surface area contributed by atoms with E-state index in [4.69, 9.17) is 10.2 Å². The van der Waals surface area contributed by atoms with Crippen molar-refractivity contribution in [2.45, 2.75) is 0 Å². The fourth-order valence-electron chi connectivity index (χ4n) is 2.18. The van der Waals surface area contributed by atoms with Crippen molar-refractivity contribution in [1.82, 2.24) is 0 Å². The number of rotatable bonds is 3. The van der Waals surface area contributed by atoms with Crippen LogP contribution in [0.1, 0.15) is 0 Å². The Morgan fingerprint density at radius 3 is 0.870 bits per heavy atom. The molecular weight excluding hydrogens is 481 g/mol. The predicted octanol–water partition coefficient (Wildman–Crippen LogP) is 1.42. The van der Waals surface area contributed by atoms with Crippen LogP contribution in [0.5, 0.6) is 0 Å². The zero-order chi connectivity index (χ0) is 16.9. The van der Waals surface area contributed by atoms with Crippen LogP contribution >= 0.6 is 0 Å². The van der Waals surface area contributed by atoms with Crippen LogP contribution in [0.15, 0.2) is 91.0 Å². The quantitative estimate of drug-likeness (QED) is 0.530. The Labute approximate surface area is 146 Å². The van der Waals surface area contributed by atoms with Gasteiger partial charge in [0.1, 0.15) is 0 Å². The summed E-state index contributed by atoms with van der Waals surface area (Å²) in [6, 6.07) is 33.0. The summed E-state index contributed by atoms with van der Waals surface area (Å²) in [7, 11) is 2.00. The van der Waals surface area contributed by atoms with Gasteiger partial charge in [0.15, 0.2) is 0 Å². The van der Waals surface area contributed by atoms with Crippen molar-refractivity contribution in [3.05, 3.63) is 91.0 Å². The van der Waals surface area contributed by atoms with Crippen LogP contribution in [0.3, 0.4) is 0 Å². The Kier molecular flexibility index (Phi) is 10.1. The van der Waals surface area contributed by atoms with Gasteiger partial charge in [0.2, 0.25) is 0 Å². The standard InChI is InChI=1S/3C6H5.2CH4O.Bi/c3*1-2-4-6-5-3-1;2*1-2;/h3*1-5H;2*2H,1H3;. The molecule has 0 atom stereocenters. The Morgan fingerprint density at radius 2 is 0.652 bits per heavy atom. The maximum absolute atomic E-state index is 7.00. The third-order valence-electron chi connectivity index (χ3n) is 3.04. The molecule has 23 heavy (non-hydrogen) atoms. The molecular formula is C20H23BiO2. The molecule has 0 saturated carbocycles. The third kappa shape index (κ3) is 5.87. The van der Waals surface area contributed by atoms with E-state index in [9.17, 15) is 0 Å². The molecule has 0 unspecified atom stereocenters. The molecule has 0 heterocycles. The molecule has 3 rings (SSSR count). The first kappa shape index (κ1) is 19.5. The van der Waals surface area contributed by atoms with Crippen LogP contribution in [0.2, 0.25) is 0 Å². The fourth-order valence-corrected chi connectivity index (χ4v) is 11.1. The Balaban J connectivity index is 0.000000615. The normalized spacial score (nSPS) is 9.26. The second-order valence-corrected chi connectivity index (χ2v) is 13.0. The summed E-state index contributed by atoms with van der Waals surface area (Å²) in [5, 5.41) is 14.0. The fraction of sp³-hybridized carbons (Fsp3) is 0.100. The minimum absolute atomic E-state index is 1.00. The molecule has 0 saturated heterocycles. The number of benzene rings is 3. The van der Waals surface area contributed by atoms with Crippen LogP contribution in [0, 0.1) is 0 Å². The van der Waals surface area contributed by atoms with E-state index in [1.807, 2.05) is 0 Å². The average molecular weight is 504 g/mol. The van der Waals surface area contributed by atoms with Gasteiger partial charge in [0, 0.05) is 14.2 Å². The van der Waals surface area contributed by atoms with Gasteiger partial charge in [0.25, 0.3) is 0 Å².